The molecule has 0 aliphatic heterocycles. The van der Waals surface area contributed by atoms with E-state index in [0.29, 0.717) is 6.61 Å². The van der Waals surface area contributed by atoms with Gasteiger partial charge in [0.05, 0.1) is 0 Å². The molecule has 0 bridgehead atoms. The molecule has 0 amide bonds. The third-order valence-corrected chi connectivity index (χ3v) is 3.17. The summed E-state index contributed by atoms with van der Waals surface area (Å²) in [5.41, 5.74) is 8.07. The fraction of sp³-hybridized carbons (Fsp3) is 0.200. The summed E-state index contributed by atoms with van der Waals surface area (Å²) in [6.07, 6.45) is 0. The Bertz CT molecular complexity index is 525. The van der Waals surface area contributed by atoms with Crippen LogP contribution in [-0.4, -0.2) is 0 Å². The zero-order valence-electron chi connectivity index (χ0n) is 10.3. The first kappa shape index (κ1) is 13.1. The number of hydrogen-bond acceptors (Lipinski definition) is 2. The fourth-order valence-electron chi connectivity index (χ4n) is 1.68. The third-order valence-electron chi connectivity index (χ3n) is 2.68. The van der Waals surface area contributed by atoms with Crippen LogP contribution in [0.2, 0.25) is 0 Å². The van der Waals surface area contributed by atoms with E-state index in [2.05, 4.69) is 22.0 Å². The summed E-state index contributed by atoms with van der Waals surface area (Å²) < 4.78 is 6.82. The van der Waals surface area contributed by atoms with Crippen molar-refractivity contribution >= 4 is 15.9 Å². The van der Waals surface area contributed by atoms with E-state index in [4.69, 9.17) is 10.5 Å². The van der Waals surface area contributed by atoms with Gasteiger partial charge in [0, 0.05) is 10.5 Å². The number of nitrogens with two attached hydrogens (primary N) is 1. The van der Waals surface area contributed by atoms with Crippen molar-refractivity contribution in [2.45, 2.75) is 19.6 Å². The SMILES string of the molecule is C[C@H](N)c1cccc(OCc2cccc(Br)c2)c1. The number of halogens is 1. The minimum atomic E-state index is 0.0272. The lowest BCUT2D eigenvalue weighted by atomic mass is 10.1. The Kier molecular flexibility index (Phi) is 4.39. The quantitative estimate of drug-likeness (QED) is 0.925. The van der Waals surface area contributed by atoms with Gasteiger partial charge >= 0.3 is 0 Å². The van der Waals surface area contributed by atoms with Gasteiger partial charge in [-0.3, -0.25) is 0 Å². The average Bonchev–Trinajstić information content (AvgIpc) is 2.37. The monoisotopic (exact) mass is 305 g/mol. The molecule has 0 spiro atoms. The van der Waals surface area contributed by atoms with Crippen LogP contribution in [0.25, 0.3) is 0 Å². The fourth-order valence-corrected chi connectivity index (χ4v) is 2.13. The largest absolute Gasteiger partial charge is 0.489 e. The van der Waals surface area contributed by atoms with Crippen molar-refractivity contribution < 1.29 is 4.74 Å². The van der Waals surface area contributed by atoms with Crippen molar-refractivity contribution in [3.63, 3.8) is 0 Å². The first-order valence-corrected chi connectivity index (χ1v) is 6.67. The van der Waals surface area contributed by atoms with Crippen LogP contribution in [0.3, 0.4) is 0 Å². The van der Waals surface area contributed by atoms with Gasteiger partial charge in [-0.15, -0.1) is 0 Å². The van der Waals surface area contributed by atoms with Gasteiger partial charge < -0.3 is 10.5 Å². The highest BCUT2D eigenvalue weighted by Crippen LogP contribution is 2.19. The van der Waals surface area contributed by atoms with Gasteiger partial charge in [-0.2, -0.15) is 0 Å². The highest BCUT2D eigenvalue weighted by molar-refractivity contribution is 9.10. The van der Waals surface area contributed by atoms with Crippen LogP contribution in [0.5, 0.6) is 5.75 Å². The Morgan fingerprint density at radius 3 is 2.67 bits per heavy atom. The van der Waals surface area contributed by atoms with E-state index in [1.165, 1.54) is 0 Å². The standard InChI is InChI=1S/C15H16BrNO/c1-11(17)13-5-3-7-15(9-13)18-10-12-4-2-6-14(16)8-12/h2-9,11H,10,17H2,1H3/t11-/m0/s1. The van der Waals surface area contributed by atoms with Crippen molar-refractivity contribution in [2.75, 3.05) is 0 Å². The molecule has 0 heterocycles. The maximum Gasteiger partial charge on any atom is 0.120 e. The topological polar surface area (TPSA) is 35.2 Å². The summed E-state index contributed by atoms with van der Waals surface area (Å²) in [4.78, 5) is 0. The predicted molar refractivity (Wildman–Crippen MR) is 77.5 cm³/mol. The first-order chi connectivity index (χ1) is 8.65. The molecule has 0 unspecified atom stereocenters. The normalized spacial score (nSPS) is 12.2. The van der Waals surface area contributed by atoms with Crippen LogP contribution in [0.1, 0.15) is 24.1 Å². The van der Waals surface area contributed by atoms with Crippen molar-refractivity contribution in [2.24, 2.45) is 5.73 Å². The number of hydrogen-bond donors (Lipinski definition) is 1. The maximum absolute atomic E-state index is 5.85. The summed E-state index contributed by atoms with van der Waals surface area (Å²) in [6.45, 7) is 2.52. The van der Waals surface area contributed by atoms with Gasteiger partial charge in [-0.05, 0) is 42.3 Å². The number of rotatable bonds is 4. The van der Waals surface area contributed by atoms with Gasteiger partial charge in [0.1, 0.15) is 12.4 Å². The molecule has 18 heavy (non-hydrogen) atoms. The highest BCUT2D eigenvalue weighted by atomic mass is 79.9. The van der Waals surface area contributed by atoms with Crippen LogP contribution in [0.15, 0.2) is 53.0 Å². The van der Waals surface area contributed by atoms with E-state index >= 15 is 0 Å². The second-order valence-electron chi connectivity index (χ2n) is 4.28. The molecule has 0 aliphatic carbocycles. The van der Waals surface area contributed by atoms with Crippen LogP contribution < -0.4 is 10.5 Å². The van der Waals surface area contributed by atoms with Gasteiger partial charge in [0.2, 0.25) is 0 Å². The molecule has 2 rings (SSSR count). The molecule has 3 heteroatoms. The van der Waals surface area contributed by atoms with Crippen molar-refractivity contribution in [3.8, 4) is 5.75 Å². The summed E-state index contributed by atoms with van der Waals surface area (Å²) in [5.74, 6) is 0.852. The van der Waals surface area contributed by atoms with E-state index in [0.717, 1.165) is 21.3 Å². The van der Waals surface area contributed by atoms with Crippen molar-refractivity contribution in [1.29, 1.82) is 0 Å². The molecular weight excluding hydrogens is 290 g/mol. The minimum Gasteiger partial charge on any atom is -0.489 e. The van der Waals surface area contributed by atoms with Crippen LogP contribution in [0.4, 0.5) is 0 Å². The molecule has 0 aromatic heterocycles. The lowest BCUT2D eigenvalue weighted by molar-refractivity contribution is 0.305. The second-order valence-corrected chi connectivity index (χ2v) is 5.20. The summed E-state index contributed by atoms with van der Waals surface area (Å²) >= 11 is 3.45. The summed E-state index contributed by atoms with van der Waals surface area (Å²) in [5, 5.41) is 0. The first-order valence-electron chi connectivity index (χ1n) is 5.88. The van der Waals surface area contributed by atoms with Crippen LogP contribution in [0, 0.1) is 0 Å². The zero-order chi connectivity index (χ0) is 13.0. The highest BCUT2D eigenvalue weighted by Gasteiger charge is 2.01. The van der Waals surface area contributed by atoms with Crippen LogP contribution in [-0.2, 0) is 6.61 Å². The van der Waals surface area contributed by atoms with Gasteiger partial charge in [-0.1, -0.05) is 40.2 Å². The van der Waals surface area contributed by atoms with E-state index in [1.807, 2.05) is 49.4 Å². The maximum atomic E-state index is 5.85. The Balaban J connectivity index is 2.04. The molecule has 0 saturated carbocycles. The number of benzene rings is 2. The molecule has 2 aromatic carbocycles. The van der Waals surface area contributed by atoms with Gasteiger partial charge in [0.25, 0.3) is 0 Å². The average molecular weight is 306 g/mol. The second kappa shape index (κ2) is 6.03. The molecule has 0 saturated heterocycles. The van der Waals surface area contributed by atoms with Gasteiger partial charge in [0.15, 0.2) is 0 Å². The predicted octanol–water partition coefficient (Wildman–Crippen LogP) is 4.05. The summed E-state index contributed by atoms with van der Waals surface area (Å²) in [7, 11) is 0. The molecular formula is C15H16BrNO. The smallest absolute Gasteiger partial charge is 0.120 e. The lowest BCUT2D eigenvalue weighted by Gasteiger charge is -2.10. The Hall–Kier alpha value is -1.32. The van der Waals surface area contributed by atoms with E-state index in [-0.39, 0.29) is 6.04 Å². The van der Waals surface area contributed by atoms with Crippen LogP contribution >= 0.6 is 15.9 Å². The van der Waals surface area contributed by atoms with Crippen molar-refractivity contribution in [3.05, 3.63) is 64.1 Å². The molecule has 0 fully saturated rings. The Labute approximate surface area is 116 Å². The molecule has 2 nitrogen and oxygen atoms in total. The lowest BCUT2D eigenvalue weighted by Crippen LogP contribution is -2.05. The third kappa shape index (κ3) is 3.59. The molecule has 1 atom stereocenters. The molecule has 0 aliphatic rings. The minimum absolute atomic E-state index is 0.0272. The van der Waals surface area contributed by atoms with E-state index in [9.17, 15) is 0 Å². The van der Waals surface area contributed by atoms with E-state index in [1.54, 1.807) is 0 Å². The zero-order valence-corrected chi connectivity index (χ0v) is 11.9. The Morgan fingerprint density at radius 1 is 1.17 bits per heavy atom. The Morgan fingerprint density at radius 2 is 1.94 bits per heavy atom. The van der Waals surface area contributed by atoms with Crippen molar-refractivity contribution in [1.82, 2.24) is 0 Å². The molecule has 0 radical (unpaired) electrons. The van der Waals surface area contributed by atoms with Gasteiger partial charge in [-0.25, -0.2) is 0 Å². The van der Waals surface area contributed by atoms with E-state index < -0.39 is 0 Å². The summed E-state index contributed by atoms with van der Waals surface area (Å²) in [6, 6.07) is 16.0. The number of ether oxygens (including phenoxy) is 1. The molecule has 2 N–H and O–H groups in total. The molecule has 2 aromatic rings. The molecule has 94 valence electrons.